The standard InChI is InChI=1S/C36H37Cl2N3O4S/c1-26-11-5-10-18-33(26)41(46(44,45)31-21-19-29(37)20-22-31)25-35(42)40(24-28-14-6-9-17-32(28)38)34(23-27-12-3-2-4-13-27)36(43)39-30-15-7-8-16-30/h2-6,9-14,17-22,30,34H,7-8,15-16,23-25H2,1H3,(H,39,43). The van der Waals surface area contributed by atoms with Gasteiger partial charge < -0.3 is 10.2 Å². The van der Waals surface area contributed by atoms with Crippen molar-refractivity contribution in [3.05, 3.63) is 130 Å². The number of nitrogens with zero attached hydrogens (tertiary/aromatic N) is 2. The van der Waals surface area contributed by atoms with E-state index in [1.54, 1.807) is 49.4 Å². The lowest BCUT2D eigenvalue weighted by Gasteiger charge is -2.34. The maximum Gasteiger partial charge on any atom is 0.264 e. The van der Waals surface area contributed by atoms with Crippen LogP contribution in [-0.2, 0) is 32.6 Å². The van der Waals surface area contributed by atoms with E-state index in [4.69, 9.17) is 23.2 Å². The topological polar surface area (TPSA) is 86.8 Å². The third-order valence-corrected chi connectivity index (χ3v) is 10.7. The Labute approximate surface area is 281 Å². The summed E-state index contributed by atoms with van der Waals surface area (Å²) in [5, 5.41) is 4.01. The number of aryl methyl sites for hydroxylation is 1. The van der Waals surface area contributed by atoms with Gasteiger partial charge in [0.1, 0.15) is 12.6 Å². The number of anilines is 1. The van der Waals surface area contributed by atoms with Crippen molar-refractivity contribution >= 4 is 50.7 Å². The van der Waals surface area contributed by atoms with Crippen molar-refractivity contribution in [1.82, 2.24) is 10.2 Å². The average molecular weight is 679 g/mol. The Morgan fingerprint density at radius 2 is 1.48 bits per heavy atom. The second-order valence-electron chi connectivity index (χ2n) is 11.6. The van der Waals surface area contributed by atoms with Crippen molar-refractivity contribution in [2.45, 2.75) is 62.6 Å². The van der Waals surface area contributed by atoms with E-state index in [1.165, 1.54) is 29.2 Å². The number of hydrogen-bond donors (Lipinski definition) is 1. The Balaban J connectivity index is 1.58. The Morgan fingerprint density at radius 1 is 0.848 bits per heavy atom. The van der Waals surface area contributed by atoms with Crippen molar-refractivity contribution in [3.8, 4) is 0 Å². The fraction of sp³-hybridized carbons (Fsp3) is 0.278. The SMILES string of the molecule is Cc1ccccc1N(CC(=O)N(Cc1ccccc1Cl)C(Cc1ccccc1)C(=O)NC1CCCC1)S(=O)(=O)c1ccc(Cl)cc1. The minimum absolute atomic E-state index is 0.00887. The Bertz CT molecular complexity index is 1760. The second kappa shape index (κ2) is 15.2. The van der Waals surface area contributed by atoms with Gasteiger partial charge in [0.2, 0.25) is 11.8 Å². The van der Waals surface area contributed by atoms with Gasteiger partial charge in [0.15, 0.2) is 0 Å². The fourth-order valence-corrected chi connectivity index (χ4v) is 7.62. The zero-order valence-corrected chi connectivity index (χ0v) is 27.9. The van der Waals surface area contributed by atoms with Crippen LogP contribution >= 0.6 is 23.2 Å². The number of para-hydroxylation sites is 1. The van der Waals surface area contributed by atoms with Crippen molar-refractivity contribution in [2.75, 3.05) is 10.8 Å². The first kappa shape index (κ1) is 33.5. The molecule has 0 spiro atoms. The molecule has 1 unspecified atom stereocenters. The second-order valence-corrected chi connectivity index (χ2v) is 14.3. The number of halogens is 2. The molecular formula is C36H37Cl2N3O4S. The van der Waals surface area contributed by atoms with Crippen LogP contribution in [0.5, 0.6) is 0 Å². The third-order valence-electron chi connectivity index (χ3n) is 8.34. The van der Waals surface area contributed by atoms with Gasteiger partial charge in [-0.15, -0.1) is 0 Å². The number of carbonyl (C=O) groups excluding carboxylic acids is 2. The minimum atomic E-state index is -4.23. The van der Waals surface area contributed by atoms with Crippen molar-refractivity contribution in [3.63, 3.8) is 0 Å². The maximum atomic E-state index is 14.6. The minimum Gasteiger partial charge on any atom is -0.352 e. The first-order valence-corrected chi connectivity index (χ1v) is 17.5. The summed E-state index contributed by atoms with van der Waals surface area (Å²) in [5.74, 6) is -0.817. The highest BCUT2D eigenvalue weighted by Gasteiger charge is 2.36. The van der Waals surface area contributed by atoms with E-state index in [0.717, 1.165) is 35.6 Å². The molecule has 1 aliphatic rings. The predicted molar refractivity (Wildman–Crippen MR) is 183 cm³/mol. The lowest BCUT2D eigenvalue weighted by Crippen LogP contribution is -2.54. The van der Waals surface area contributed by atoms with Crippen LogP contribution in [0.4, 0.5) is 5.69 Å². The first-order valence-electron chi connectivity index (χ1n) is 15.3. The summed E-state index contributed by atoms with van der Waals surface area (Å²) in [7, 11) is -4.23. The predicted octanol–water partition coefficient (Wildman–Crippen LogP) is 7.20. The van der Waals surface area contributed by atoms with Crippen molar-refractivity contribution in [1.29, 1.82) is 0 Å². The monoisotopic (exact) mass is 677 g/mol. The number of amides is 2. The van der Waals surface area contributed by atoms with E-state index in [2.05, 4.69) is 5.32 Å². The molecular weight excluding hydrogens is 641 g/mol. The molecule has 4 aromatic rings. The van der Waals surface area contributed by atoms with Gasteiger partial charge in [-0.05, 0) is 72.9 Å². The van der Waals surface area contributed by atoms with E-state index in [-0.39, 0.29) is 29.8 Å². The Kier molecular flexibility index (Phi) is 11.0. The van der Waals surface area contributed by atoms with Gasteiger partial charge in [-0.25, -0.2) is 8.42 Å². The van der Waals surface area contributed by atoms with E-state index in [9.17, 15) is 18.0 Å². The molecule has 4 aromatic carbocycles. The van der Waals surface area contributed by atoms with Crippen LogP contribution in [0.15, 0.2) is 108 Å². The van der Waals surface area contributed by atoms with Gasteiger partial charge in [0, 0.05) is 29.1 Å². The van der Waals surface area contributed by atoms with E-state index in [1.807, 2.05) is 36.4 Å². The normalized spacial score (nSPS) is 14.1. The molecule has 1 N–H and O–H groups in total. The third kappa shape index (κ3) is 8.10. The molecule has 2 amide bonds. The summed E-state index contributed by atoms with van der Waals surface area (Å²) < 4.78 is 29.5. The molecule has 7 nitrogen and oxygen atoms in total. The van der Waals surface area contributed by atoms with Crippen molar-refractivity contribution in [2.24, 2.45) is 0 Å². The molecule has 0 heterocycles. The number of rotatable bonds is 12. The summed E-state index contributed by atoms with van der Waals surface area (Å²) in [6.07, 6.45) is 4.06. The van der Waals surface area contributed by atoms with Crippen LogP contribution in [0.2, 0.25) is 10.0 Å². The van der Waals surface area contributed by atoms with Gasteiger partial charge in [0.25, 0.3) is 10.0 Å². The summed E-state index contributed by atoms with van der Waals surface area (Å²) >= 11 is 12.7. The van der Waals surface area contributed by atoms with Crippen LogP contribution in [0.1, 0.15) is 42.4 Å². The number of carbonyl (C=O) groups is 2. The summed E-state index contributed by atoms with van der Waals surface area (Å²) in [4.78, 5) is 30.2. The molecule has 46 heavy (non-hydrogen) atoms. The zero-order valence-electron chi connectivity index (χ0n) is 25.6. The largest absolute Gasteiger partial charge is 0.352 e. The molecule has 0 saturated heterocycles. The summed E-state index contributed by atoms with van der Waals surface area (Å²) in [6.45, 7) is 1.26. The molecule has 1 fully saturated rings. The van der Waals surface area contributed by atoms with Crippen LogP contribution in [0, 0.1) is 6.92 Å². The maximum absolute atomic E-state index is 14.6. The molecule has 1 aliphatic carbocycles. The fourth-order valence-electron chi connectivity index (χ4n) is 5.82. The van der Waals surface area contributed by atoms with Gasteiger partial charge in [0.05, 0.1) is 10.6 Å². The molecule has 1 atom stereocenters. The molecule has 5 rings (SSSR count). The molecule has 0 aromatic heterocycles. The highest BCUT2D eigenvalue weighted by molar-refractivity contribution is 7.92. The Morgan fingerprint density at radius 3 is 2.15 bits per heavy atom. The number of hydrogen-bond acceptors (Lipinski definition) is 4. The summed E-state index contributed by atoms with van der Waals surface area (Å²) in [5.41, 5.74) is 2.55. The lowest BCUT2D eigenvalue weighted by molar-refractivity contribution is -0.140. The summed E-state index contributed by atoms with van der Waals surface area (Å²) in [6, 6.07) is 28.6. The molecule has 0 aliphatic heterocycles. The van der Waals surface area contributed by atoms with Crippen LogP contribution < -0.4 is 9.62 Å². The molecule has 1 saturated carbocycles. The van der Waals surface area contributed by atoms with Crippen molar-refractivity contribution < 1.29 is 18.0 Å². The van der Waals surface area contributed by atoms with Crippen LogP contribution in [0.3, 0.4) is 0 Å². The Hall–Kier alpha value is -3.85. The van der Waals surface area contributed by atoms with E-state index >= 15 is 0 Å². The highest BCUT2D eigenvalue weighted by atomic mass is 35.5. The molecule has 0 radical (unpaired) electrons. The number of nitrogens with one attached hydrogen (secondary N) is 1. The highest BCUT2D eigenvalue weighted by Crippen LogP contribution is 2.29. The lowest BCUT2D eigenvalue weighted by atomic mass is 10.0. The zero-order chi connectivity index (χ0) is 32.7. The van der Waals surface area contributed by atoms with Gasteiger partial charge in [-0.3, -0.25) is 13.9 Å². The van der Waals surface area contributed by atoms with Gasteiger partial charge in [-0.1, -0.05) is 103 Å². The quantitative estimate of drug-likeness (QED) is 0.172. The first-order chi connectivity index (χ1) is 22.1. The van der Waals surface area contributed by atoms with E-state index < -0.39 is 28.5 Å². The smallest absolute Gasteiger partial charge is 0.264 e. The van der Waals surface area contributed by atoms with Gasteiger partial charge in [-0.2, -0.15) is 0 Å². The van der Waals surface area contributed by atoms with Gasteiger partial charge >= 0.3 is 0 Å². The average Bonchev–Trinajstić information content (AvgIpc) is 3.56. The molecule has 0 bridgehead atoms. The number of sulfonamides is 1. The van der Waals surface area contributed by atoms with Crippen LogP contribution in [-0.4, -0.2) is 43.8 Å². The number of benzene rings is 4. The molecule has 10 heteroatoms. The molecule has 240 valence electrons. The van der Waals surface area contributed by atoms with E-state index in [0.29, 0.717) is 26.9 Å². The van der Waals surface area contributed by atoms with Crippen LogP contribution in [0.25, 0.3) is 0 Å².